The van der Waals surface area contributed by atoms with Crippen LogP contribution >= 0.6 is 0 Å². The average Bonchev–Trinajstić information content (AvgIpc) is 2.66. The molecule has 0 fully saturated rings. The van der Waals surface area contributed by atoms with Crippen molar-refractivity contribution in [2.24, 2.45) is 0 Å². The number of hydrogen-bond donors (Lipinski definition) is 1. The number of rotatable bonds is 9. The van der Waals surface area contributed by atoms with E-state index in [0.717, 1.165) is 11.3 Å². The summed E-state index contributed by atoms with van der Waals surface area (Å²) in [6, 6.07) is 16.5. The molecule has 0 heterocycles. The monoisotopic (exact) mass is 343 g/mol. The molecule has 2 aromatic carbocycles. The van der Waals surface area contributed by atoms with Gasteiger partial charge in [-0.05, 0) is 30.2 Å². The molecule has 0 bridgehead atoms. The van der Waals surface area contributed by atoms with Gasteiger partial charge in [0.2, 0.25) is 0 Å². The minimum atomic E-state index is -0.594. The Kier molecular flexibility index (Phi) is 7.31. The molecule has 0 radical (unpaired) electrons. The fourth-order valence-electron chi connectivity index (χ4n) is 2.14. The van der Waals surface area contributed by atoms with Crippen molar-refractivity contribution in [2.45, 2.75) is 6.42 Å². The molecule has 0 aliphatic heterocycles. The van der Waals surface area contributed by atoms with Gasteiger partial charge in [0.25, 0.3) is 5.91 Å². The molecule has 6 heteroatoms. The van der Waals surface area contributed by atoms with Gasteiger partial charge in [-0.15, -0.1) is 0 Å². The summed E-state index contributed by atoms with van der Waals surface area (Å²) in [4.78, 5) is 23.3. The van der Waals surface area contributed by atoms with Gasteiger partial charge in [-0.25, -0.2) is 4.79 Å². The van der Waals surface area contributed by atoms with E-state index < -0.39 is 5.97 Å². The summed E-state index contributed by atoms with van der Waals surface area (Å²) in [6.07, 6.45) is 0.626. The first kappa shape index (κ1) is 18.3. The van der Waals surface area contributed by atoms with Crippen LogP contribution in [0.1, 0.15) is 5.56 Å². The molecular weight excluding hydrogens is 322 g/mol. The van der Waals surface area contributed by atoms with Crippen LogP contribution in [0.2, 0.25) is 0 Å². The summed E-state index contributed by atoms with van der Waals surface area (Å²) >= 11 is 0. The number of benzene rings is 2. The Balaban J connectivity index is 1.62. The molecule has 0 aliphatic carbocycles. The standard InChI is InChI=1S/C19H21NO5/c1-23-17-10-6-5-7-15(17)11-12-20-18(21)13-25-19(22)14-24-16-8-3-2-4-9-16/h2-10H,11-14H2,1H3,(H,20,21). The topological polar surface area (TPSA) is 73.9 Å². The SMILES string of the molecule is COc1ccccc1CCNC(=O)COC(=O)COc1ccccc1. The number of esters is 1. The zero-order chi connectivity index (χ0) is 17.9. The number of methoxy groups -OCH3 is 1. The van der Waals surface area contributed by atoms with E-state index in [2.05, 4.69) is 5.32 Å². The lowest BCUT2D eigenvalue weighted by Gasteiger charge is -2.09. The number of ether oxygens (including phenoxy) is 3. The number of para-hydroxylation sites is 2. The van der Waals surface area contributed by atoms with Crippen LogP contribution in [0.25, 0.3) is 0 Å². The Labute approximate surface area is 146 Å². The van der Waals surface area contributed by atoms with Crippen molar-refractivity contribution in [3.8, 4) is 11.5 Å². The van der Waals surface area contributed by atoms with Gasteiger partial charge in [-0.3, -0.25) is 4.79 Å². The summed E-state index contributed by atoms with van der Waals surface area (Å²) in [6.45, 7) is -0.140. The van der Waals surface area contributed by atoms with Crippen LogP contribution in [0.15, 0.2) is 54.6 Å². The van der Waals surface area contributed by atoms with Gasteiger partial charge in [0.05, 0.1) is 7.11 Å². The Morgan fingerprint density at radius 3 is 2.44 bits per heavy atom. The first-order valence-corrected chi connectivity index (χ1v) is 7.91. The lowest BCUT2D eigenvalue weighted by molar-refractivity contribution is -0.150. The van der Waals surface area contributed by atoms with Gasteiger partial charge in [0.1, 0.15) is 11.5 Å². The van der Waals surface area contributed by atoms with E-state index in [-0.39, 0.29) is 19.1 Å². The van der Waals surface area contributed by atoms with Crippen LogP contribution < -0.4 is 14.8 Å². The zero-order valence-corrected chi connectivity index (χ0v) is 14.1. The molecule has 132 valence electrons. The van der Waals surface area contributed by atoms with E-state index in [0.29, 0.717) is 18.7 Å². The molecule has 0 saturated carbocycles. The zero-order valence-electron chi connectivity index (χ0n) is 14.1. The highest BCUT2D eigenvalue weighted by Gasteiger charge is 2.09. The van der Waals surface area contributed by atoms with Crippen molar-refractivity contribution in [1.82, 2.24) is 5.32 Å². The highest BCUT2D eigenvalue weighted by atomic mass is 16.6. The van der Waals surface area contributed by atoms with Crippen molar-refractivity contribution >= 4 is 11.9 Å². The van der Waals surface area contributed by atoms with Crippen LogP contribution in [0.4, 0.5) is 0 Å². The summed E-state index contributed by atoms with van der Waals surface area (Å²) in [5, 5.41) is 2.70. The third-order valence-corrected chi connectivity index (χ3v) is 3.37. The van der Waals surface area contributed by atoms with E-state index in [1.54, 1.807) is 31.4 Å². The molecule has 2 aromatic rings. The molecule has 0 saturated heterocycles. The van der Waals surface area contributed by atoms with Crippen molar-refractivity contribution < 1.29 is 23.8 Å². The number of hydrogen-bond acceptors (Lipinski definition) is 5. The predicted octanol–water partition coefficient (Wildman–Crippen LogP) is 1.98. The van der Waals surface area contributed by atoms with Gasteiger partial charge < -0.3 is 19.5 Å². The number of nitrogens with one attached hydrogen (secondary N) is 1. The van der Waals surface area contributed by atoms with Gasteiger partial charge in [-0.2, -0.15) is 0 Å². The summed E-state index contributed by atoms with van der Waals surface area (Å²) in [5.41, 5.74) is 0.999. The van der Waals surface area contributed by atoms with E-state index in [4.69, 9.17) is 14.2 Å². The Hall–Kier alpha value is -3.02. The van der Waals surface area contributed by atoms with E-state index in [1.807, 2.05) is 30.3 Å². The molecule has 0 aromatic heterocycles. The molecule has 0 spiro atoms. The van der Waals surface area contributed by atoms with Gasteiger partial charge in [0, 0.05) is 6.54 Å². The molecule has 6 nitrogen and oxygen atoms in total. The Morgan fingerprint density at radius 1 is 0.960 bits per heavy atom. The molecule has 0 atom stereocenters. The summed E-state index contributed by atoms with van der Waals surface area (Å²) in [7, 11) is 1.61. The smallest absolute Gasteiger partial charge is 0.344 e. The van der Waals surface area contributed by atoms with Gasteiger partial charge >= 0.3 is 5.97 Å². The fourth-order valence-corrected chi connectivity index (χ4v) is 2.14. The normalized spacial score (nSPS) is 9.96. The molecule has 2 rings (SSSR count). The van der Waals surface area contributed by atoms with Crippen LogP contribution in [0.5, 0.6) is 11.5 Å². The molecule has 1 N–H and O–H groups in total. The minimum absolute atomic E-state index is 0.238. The number of carbonyl (C=O) groups is 2. The maximum Gasteiger partial charge on any atom is 0.344 e. The van der Waals surface area contributed by atoms with Crippen molar-refractivity contribution in [3.05, 3.63) is 60.2 Å². The highest BCUT2D eigenvalue weighted by molar-refractivity contribution is 5.80. The lowest BCUT2D eigenvalue weighted by atomic mass is 10.1. The third-order valence-electron chi connectivity index (χ3n) is 3.37. The summed E-state index contributed by atoms with van der Waals surface area (Å²) < 4.78 is 15.4. The largest absolute Gasteiger partial charge is 0.496 e. The average molecular weight is 343 g/mol. The first-order valence-electron chi connectivity index (χ1n) is 7.91. The maximum absolute atomic E-state index is 11.7. The highest BCUT2D eigenvalue weighted by Crippen LogP contribution is 2.17. The second kappa shape index (κ2) is 9.97. The molecule has 0 unspecified atom stereocenters. The Morgan fingerprint density at radius 2 is 1.68 bits per heavy atom. The van der Waals surface area contributed by atoms with Gasteiger partial charge in [0.15, 0.2) is 13.2 Å². The maximum atomic E-state index is 11.7. The lowest BCUT2D eigenvalue weighted by Crippen LogP contribution is -2.31. The fraction of sp³-hybridized carbons (Fsp3) is 0.263. The van der Waals surface area contributed by atoms with Crippen molar-refractivity contribution in [2.75, 3.05) is 26.9 Å². The van der Waals surface area contributed by atoms with Gasteiger partial charge in [-0.1, -0.05) is 36.4 Å². The summed E-state index contributed by atoms with van der Waals surface area (Å²) in [5.74, 6) is 0.397. The second-order valence-corrected chi connectivity index (χ2v) is 5.17. The molecule has 1 amide bonds. The van der Waals surface area contributed by atoms with E-state index in [9.17, 15) is 9.59 Å². The quantitative estimate of drug-likeness (QED) is 0.705. The molecule has 0 aliphatic rings. The predicted molar refractivity (Wildman–Crippen MR) is 92.6 cm³/mol. The van der Waals surface area contributed by atoms with E-state index in [1.165, 1.54) is 0 Å². The Bertz CT molecular complexity index is 687. The molecule has 25 heavy (non-hydrogen) atoms. The van der Waals surface area contributed by atoms with Crippen LogP contribution in [0, 0.1) is 0 Å². The van der Waals surface area contributed by atoms with E-state index >= 15 is 0 Å². The number of carbonyl (C=O) groups excluding carboxylic acids is 2. The number of amides is 1. The van der Waals surface area contributed by atoms with Crippen molar-refractivity contribution in [1.29, 1.82) is 0 Å². The third kappa shape index (κ3) is 6.55. The van der Waals surface area contributed by atoms with Crippen molar-refractivity contribution in [3.63, 3.8) is 0 Å². The molecular formula is C19H21NO5. The first-order chi connectivity index (χ1) is 12.2. The van der Waals surface area contributed by atoms with Crippen LogP contribution in [-0.4, -0.2) is 38.7 Å². The van der Waals surface area contributed by atoms with Crippen LogP contribution in [0.3, 0.4) is 0 Å². The minimum Gasteiger partial charge on any atom is -0.496 e. The second-order valence-electron chi connectivity index (χ2n) is 5.17. The van der Waals surface area contributed by atoms with Crippen LogP contribution in [-0.2, 0) is 20.7 Å².